The van der Waals surface area contributed by atoms with E-state index < -0.39 is 0 Å². The topological polar surface area (TPSA) is 75.5 Å². The van der Waals surface area contributed by atoms with Crippen molar-refractivity contribution in [2.75, 3.05) is 6.61 Å². The molecule has 6 heteroatoms. The van der Waals surface area contributed by atoms with Crippen molar-refractivity contribution in [2.45, 2.75) is 20.3 Å². The van der Waals surface area contributed by atoms with E-state index in [4.69, 9.17) is 4.74 Å². The number of phenols is 2. The van der Waals surface area contributed by atoms with Crippen molar-refractivity contribution in [3.8, 4) is 38.9 Å². The van der Waals surface area contributed by atoms with Gasteiger partial charge in [-0.25, -0.2) is 0 Å². The highest BCUT2D eigenvalue weighted by Gasteiger charge is 2.19. The summed E-state index contributed by atoms with van der Waals surface area (Å²) in [5, 5.41) is 24.5. The summed E-state index contributed by atoms with van der Waals surface area (Å²) in [5.41, 5.74) is 2.64. The average molecular weight is 342 g/mol. The zero-order chi connectivity index (χ0) is 17.1. The zero-order valence-electron chi connectivity index (χ0n) is 13.5. The normalized spacial score (nSPS) is 10.8. The van der Waals surface area contributed by atoms with E-state index in [9.17, 15) is 10.2 Å². The lowest BCUT2D eigenvalue weighted by molar-refractivity contribution is 0.340. The highest BCUT2D eigenvalue weighted by molar-refractivity contribution is 7.09. The van der Waals surface area contributed by atoms with Gasteiger partial charge < -0.3 is 14.9 Å². The van der Waals surface area contributed by atoms with Crippen LogP contribution in [-0.2, 0) is 6.42 Å². The first-order chi connectivity index (χ1) is 11.7. The minimum absolute atomic E-state index is 0.0531. The molecule has 0 atom stereocenters. The maximum Gasteiger partial charge on any atom is 0.131 e. The van der Waals surface area contributed by atoms with Crippen molar-refractivity contribution >= 4 is 11.5 Å². The molecular weight excluding hydrogens is 324 g/mol. The summed E-state index contributed by atoms with van der Waals surface area (Å²) in [7, 11) is 0. The van der Waals surface area contributed by atoms with E-state index >= 15 is 0 Å². The van der Waals surface area contributed by atoms with E-state index in [1.165, 1.54) is 11.5 Å². The second-order valence-electron chi connectivity index (χ2n) is 5.22. The van der Waals surface area contributed by atoms with E-state index in [1.54, 1.807) is 12.1 Å². The number of rotatable bonds is 5. The van der Waals surface area contributed by atoms with Crippen LogP contribution >= 0.6 is 11.5 Å². The molecule has 24 heavy (non-hydrogen) atoms. The van der Waals surface area contributed by atoms with Gasteiger partial charge in [0.15, 0.2) is 0 Å². The van der Waals surface area contributed by atoms with Crippen LogP contribution in [0.4, 0.5) is 0 Å². The van der Waals surface area contributed by atoms with E-state index in [2.05, 4.69) is 9.59 Å². The molecule has 2 aromatic carbocycles. The van der Waals surface area contributed by atoms with Gasteiger partial charge in [0.05, 0.1) is 11.5 Å². The Morgan fingerprint density at radius 1 is 1.04 bits per heavy atom. The van der Waals surface area contributed by atoms with Gasteiger partial charge in [-0.15, -0.1) is 5.10 Å². The quantitative estimate of drug-likeness (QED) is 0.725. The fourth-order valence-corrected chi connectivity index (χ4v) is 3.27. The second-order valence-corrected chi connectivity index (χ2v) is 5.98. The predicted molar refractivity (Wildman–Crippen MR) is 94.7 cm³/mol. The molecule has 0 bridgehead atoms. The lowest BCUT2D eigenvalue weighted by Crippen LogP contribution is -1.91. The number of aromatic nitrogens is 2. The molecule has 5 nitrogen and oxygen atoms in total. The summed E-state index contributed by atoms with van der Waals surface area (Å²) in [6.45, 7) is 4.44. The average Bonchev–Trinajstić information content (AvgIpc) is 3.06. The summed E-state index contributed by atoms with van der Waals surface area (Å²) >= 11 is 1.27. The fourth-order valence-electron chi connectivity index (χ4n) is 2.59. The molecule has 124 valence electrons. The number of aromatic hydroxyl groups is 2. The van der Waals surface area contributed by atoms with Gasteiger partial charge in [0.25, 0.3) is 0 Å². The Bertz CT molecular complexity index is 844. The molecule has 3 aromatic rings. The fraction of sp³-hybridized carbons (Fsp3) is 0.222. The van der Waals surface area contributed by atoms with Crippen LogP contribution in [-0.4, -0.2) is 26.4 Å². The molecule has 0 saturated heterocycles. The van der Waals surface area contributed by atoms with Gasteiger partial charge in [0.1, 0.15) is 22.9 Å². The summed E-state index contributed by atoms with van der Waals surface area (Å²) in [6.07, 6.45) is 0.529. The van der Waals surface area contributed by atoms with Crippen LogP contribution in [0.1, 0.15) is 19.4 Å². The second kappa shape index (κ2) is 6.88. The van der Waals surface area contributed by atoms with E-state index in [0.29, 0.717) is 29.8 Å². The standard InChI is InChI=1S/C18H18N2O3S/c1-3-13-15(21)10-9-14(17(13)22)16-18(24-20-19-16)11-5-7-12(8-6-11)23-4-2/h5-10,21-22H,3-4H2,1-2H3. The number of benzene rings is 2. The molecule has 0 aliphatic rings. The molecule has 0 amide bonds. The van der Waals surface area contributed by atoms with E-state index in [0.717, 1.165) is 16.2 Å². The third kappa shape index (κ3) is 2.92. The molecule has 2 N–H and O–H groups in total. The third-order valence-electron chi connectivity index (χ3n) is 3.78. The van der Waals surface area contributed by atoms with Gasteiger partial charge in [0, 0.05) is 11.1 Å². The summed E-state index contributed by atoms with van der Waals surface area (Å²) in [6, 6.07) is 10.9. The summed E-state index contributed by atoms with van der Waals surface area (Å²) in [5.74, 6) is 0.947. The monoisotopic (exact) mass is 342 g/mol. The van der Waals surface area contributed by atoms with Crippen molar-refractivity contribution in [2.24, 2.45) is 0 Å². The SMILES string of the molecule is CCOc1ccc(-c2snnc2-c2ccc(O)c(CC)c2O)cc1. The molecule has 0 fully saturated rings. The van der Waals surface area contributed by atoms with E-state index in [-0.39, 0.29) is 11.5 Å². The molecule has 1 aromatic heterocycles. The van der Waals surface area contributed by atoms with Crippen molar-refractivity contribution in [1.82, 2.24) is 9.59 Å². The molecule has 3 rings (SSSR count). The van der Waals surface area contributed by atoms with Crippen molar-refractivity contribution < 1.29 is 14.9 Å². The number of phenolic OH excluding ortho intramolecular Hbond substituents is 2. The van der Waals surface area contributed by atoms with Crippen molar-refractivity contribution in [3.05, 3.63) is 42.0 Å². The number of nitrogens with zero attached hydrogens (tertiary/aromatic N) is 2. The van der Waals surface area contributed by atoms with Crippen LogP contribution in [0.2, 0.25) is 0 Å². The molecule has 0 saturated carbocycles. The van der Waals surface area contributed by atoms with Crippen LogP contribution in [0, 0.1) is 0 Å². The van der Waals surface area contributed by atoms with Gasteiger partial charge in [-0.1, -0.05) is 11.4 Å². The molecular formula is C18H18N2O3S. The predicted octanol–water partition coefficient (Wildman–Crippen LogP) is 4.24. The Kier molecular flexibility index (Phi) is 4.66. The van der Waals surface area contributed by atoms with Gasteiger partial charge in [0.2, 0.25) is 0 Å². The lowest BCUT2D eigenvalue weighted by atomic mass is 10.0. The Labute approximate surface area is 144 Å². The maximum absolute atomic E-state index is 10.5. The van der Waals surface area contributed by atoms with Crippen LogP contribution < -0.4 is 4.74 Å². The van der Waals surface area contributed by atoms with Gasteiger partial charge >= 0.3 is 0 Å². The van der Waals surface area contributed by atoms with Gasteiger partial charge in [-0.3, -0.25) is 0 Å². The van der Waals surface area contributed by atoms with Gasteiger partial charge in [-0.2, -0.15) is 0 Å². The minimum Gasteiger partial charge on any atom is -0.508 e. The first-order valence-corrected chi connectivity index (χ1v) is 8.52. The van der Waals surface area contributed by atoms with Crippen molar-refractivity contribution in [1.29, 1.82) is 0 Å². The smallest absolute Gasteiger partial charge is 0.131 e. The molecule has 0 radical (unpaired) electrons. The van der Waals surface area contributed by atoms with Crippen LogP contribution in [0.15, 0.2) is 36.4 Å². The molecule has 0 aliphatic carbocycles. The lowest BCUT2D eigenvalue weighted by Gasteiger charge is -2.10. The first kappa shape index (κ1) is 16.3. The zero-order valence-corrected chi connectivity index (χ0v) is 14.3. The minimum atomic E-state index is 0.0531. The highest BCUT2D eigenvalue weighted by Crippen LogP contribution is 2.41. The molecule has 0 spiro atoms. The van der Waals surface area contributed by atoms with Crippen LogP contribution in [0.3, 0.4) is 0 Å². The van der Waals surface area contributed by atoms with Gasteiger partial charge in [-0.05, 0) is 66.8 Å². The van der Waals surface area contributed by atoms with Crippen LogP contribution in [0.25, 0.3) is 21.7 Å². The first-order valence-electron chi connectivity index (χ1n) is 7.75. The van der Waals surface area contributed by atoms with Crippen molar-refractivity contribution in [3.63, 3.8) is 0 Å². The Morgan fingerprint density at radius 3 is 2.46 bits per heavy atom. The summed E-state index contributed by atoms with van der Waals surface area (Å²) < 4.78 is 9.50. The number of hydrogen-bond acceptors (Lipinski definition) is 6. The molecule has 0 unspecified atom stereocenters. The Hall–Kier alpha value is -2.60. The van der Waals surface area contributed by atoms with Crippen LogP contribution in [0.5, 0.6) is 17.2 Å². The number of ether oxygens (including phenoxy) is 1. The highest BCUT2D eigenvalue weighted by atomic mass is 32.1. The maximum atomic E-state index is 10.5. The Morgan fingerprint density at radius 2 is 1.79 bits per heavy atom. The Balaban J connectivity index is 2.05. The molecule has 0 aliphatic heterocycles. The summed E-state index contributed by atoms with van der Waals surface area (Å²) in [4.78, 5) is 0.862. The largest absolute Gasteiger partial charge is 0.508 e. The molecule has 1 heterocycles. The van der Waals surface area contributed by atoms with E-state index in [1.807, 2.05) is 38.1 Å². The third-order valence-corrected chi connectivity index (χ3v) is 4.56. The number of hydrogen-bond donors (Lipinski definition) is 2.